The van der Waals surface area contributed by atoms with Gasteiger partial charge in [0.2, 0.25) is 11.8 Å². The second kappa shape index (κ2) is 6.27. The minimum absolute atomic E-state index is 0.110. The highest BCUT2D eigenvalue weighted by Crippen LogP contribution is 2.51. The third-order valence-corrected chi connectivity index (χ3v) is 7.23. The summed E-state index contributed by atoms with van der Waals surface area (Å²) in [4.78, 5) is 19.3. The molecule has 2 aromatic rings. The number of carbonyl (C=O) groups excluding carboxylic acids is 1. The van der Waals surface area contributed by atoms with Crippen LogP contribution in [0.25, 0.3) is 11.1 Å². The van der Waals surface area contributed by atoms with Crippen LogP contribution in [0.1, 0.15) is 43.6 Å². The van der Waals surface area contributed by atoms with E-state index < -0.39 is 17.5 Å². The van der Waals surface area contributed by atoms with Gasteiger partial charge in [-0.3, -0.25) is 4.90 Å². The highest BCUT2D eigenvalue weighted by atomic mass is 35.5. The Morgan fingerprint density at radius 1 is 1.30 bits per heavy atom. The molecule has 6 rings (SSSR count). The van der Waals surface area contributed by atoms with E-state index in [9.17, 15) is 13.6 Å². The lowest BCUT2D eigenvalue weighted by atomic mass is 9.73. The number of ether oxygens (including phenoxy) is 1. The Morgan fingerprint density at radius 2 is 2.10 bits per heavy atom. The van der Waals surface area contributed by atoms with Crippen molar-refractivity contribution in [3.05, 3.63) is 22.5 Å². The van der Waals surface area contributed by atoms with Crippen LogP contribution in [0.5, 0.6) is 0 Å². The Hall–Kier alpha value is -1.97. The number of nitrogens with one attached hydrogen (secondary N) is 2. The first-order valence-corrected chi connectivity index (χ1v) is 10.6. The highest BCUT2D eigenvalue weighted by Gasteiger charge is 2.50. The van der Waals surface area contributed by atoms with Crippen LogP contribution < -0.4 is 10.6 Å². The normalized spacial score (nSPS) is 29.2. The number of urea groups is 1. The smallest absolute Gasteiger partial charge is 0.319 e. The molecule has 1 aromatic carbocycles. The lowest BCUT2D eigenvalue weighted by molar-refractivity contribution is -0.0552. The standard InChI is InChI=1S/C20H21ClF2N4O3/c21-12-6-13-17(30-14(24-13)8-27-7-11-5-10(27)9-29-11)15-16(12)25-18(28)26-19(15)1-3-20(22,23)4-2-19/h6,10-11H,1-5,7-9H2,(H2,25,26,28)/t10-,11-/m0/s1. The molecule has 0 unspecified atom stereocenters. The molecule has 1 saturated carbocycles. The SMILES string of the molecule is O=C1Nc2c(Cl)cc3nc(CN4C[C@@H]5C[C@H]4CO5)oc3c2C2(CCC(F)(F)CC2)N1. The molecule has 3 fully saturated rings. The third kappa shape index (κ3) is 2.82. The molecule has 30 heavy (non-hydrogen) atoms. The van der Waals surface area contributed by atoms with Gasteiger partial charge < -0.3 is 19.8 Å². The third-order valence-electron chi connectivity index (χ3n) is 6.93. The Labute approximate surface area is 176 Å². The van der Waals surface area contributed by atoms with Crippen molar-refractivity contribution in [2.45, 2.75) is 62.3 Å². The summed E-state index contributed by atoms with van der Waals surface area (Å²) in [7, 11) is 0. The van der Waals surface area contributed by atoms with E-state index in [0.29, 0.717) is 45.9 Å². The summed E-state index contributed by atoms with van der Waals surface area (Å²) in [5.41, 5.74) is 1.19. The topological polar surface area (TPSA) is 79.6 Å². The summed E-state index contributed by atoms with van der Waals surface area (Å²) in [6, 6.07) is 1.59. The predicted octanol–water partition coefficient (Wildman–Crippen LogP) is 3.99. The predicted molar refractivity (Wildman–Crippen MR) is 105 cm³/mol. The molecule has 2 atom stereocenters. The first-order valence-electron chi connectivity index (χ1n) is 10.3. The number of rotatable bonds is 2. The number of likely N-dealkylation sites (tertiary alicyclic amines) is 1. The van der Waals surface area contributed by atoms with Crippen molar-refractivity contribution >= 4 is 34.4 Å². The molecule has 1 spiro atoms. The Kier molecular flexibility index (Phi) is 3.93. The van der Waals surface area contributed by atoms with Crippen LogP contribution in [0.3, 0.4) is 0 Å². The van der Waals surface area contributed by atoms with Crippen LogP contribution in [0, 0.1) is 0 Å². The fourth-order valence-electron chi connectivity index (χ4n) is 5.42. The number of hydrogen-bond donors (Lipinski definition) is 2. The van der Waals surface area contributed by atoms with E-state index in [1.165, 1.54) is 0 Å². The first-order chi connectivity index (χ1) is 14.3. The van der Waals surface area contributed by atoms with Crippen molar-refractivity contribution in [2.24, 2.45) is 0 Å². The molecule has 2 saturated heterocycles. The molecule has 7 nitrogen and oxygen atoms in total. The van der Waals surface area contributed by atoms with Gasteiger partial charge >= 0.3 is 6.03 Å². The van der Waals surface area contributed by atoms with E-state index in [0.717, 1.165) is 19.6 Å². The van der Waals surface area contributed by atoms with Crippen molar-refractivity contribution in [1.82, 2.24) is 15.2 Å². The maximum Gasteiger partial charge on any atom is 0.319 e. The summed E-state index contributed by atoms with van der Waals surface area (Å²) >= 11 is 6.48. The molecule has 2 bridgehead atoms. The monoisotopic (exact) mass is 438 g/mol. The summed E-state index contributed by atoms with van der Waals surface area (Å²) in [5, 5.41) is 5.96. The van der Waals surface area contributed by atoms with Crippen molar-refractivity contribution in [3.8, 4) is 0 Å². The Balaban J connectivity index is 1.43. The molecule has 2 N–H and O–H groups in total. The summed E-state index contributed by atoms with van der Waals surface area (Å²) in [6.45, 7) is 2.12. The highest BCUT2D eigenvalue weighted by molar-refractivity contribution is 6.35. The van der Waals surface area contributed by atoms with E-state index in [-0.39, 0.29) is 31.8 Å². The van der Waals surface area contributed by atoms with Gasteiger partial charge in [0.25, 0.3) is 0 Å². The van der Waals surface area contributed by atoms with Crippen molar-refractivity contribution in [3.63, 3.8) is 0 Å². The number of morpholine rings is 1. The van der Waals surface area contributed by atoms with Crippen molar-refractivity contribution in [1.29, 1.82) is 0 Å². The van der Waals surface area contributed by atoms with Crippen LogP contribution in [0.15, 0.2) is 10.5 Å². The molecule has 4 aliphatic rings. The van der Waals surface area contributed by atoms with Gasteiger partial charge in [0.05, 0.1) is 35.5 Å². The van der Waals surface area contributed by atoms with Crippen LogP contribution >= 0.6 is 11.6 Å². The molecule has 3 aliphatic heterocycles. The number of oxazole rings is 1. The zero-order valence-electron chi connectivity index (χ0n) is 16.1. The van der Waals surface area contributed by atoms with E-state index in [1.807, 2.05) is 0 Å². The van der Waals surface area contributed by atoms with Crippen LogP contribution in [0.4, 0.5) is 19.3 Å². The van der Waals surface area contributed by atoms with Gasteiger partial charge in [0.15, 0.2) is 5.58 Å². The summed E-state index contributed by atoms with van der Waals surface area (Å²) in [5.74, 6) is -2.18. The molecule has 1 aromatic heterocycles. The number of benzene rings is 1. The lowest BCUT2D eigenvalue weighted by Gasteiger charge is -2.44. The van der Waals surface area contributed by atoms with Gasteiger partial charge in [0.1, 0.15) is 5.52 Å². The molecule has 10 heteroatoms. The zero-order valence-corrected chi connectivity index (χ0v) is 16.9. The molecule has 0 radical (unpaired) electrons. The fourth-order valence-corrected chi connectivity index (χ4v) is 5.66. The average Bonchev–Trinajstić information content (AvgIpc) is 3.40. The number of carbonyl (C=O) groups is 1. The lowest BCUT2D eigenvalue weighted by Crippen LogP contribution is -2.54. The van der Waals surface area contributed by atoms with Crippen molar-refractivity contribution in [2.75, 3.05) is 18.5 Å². The number of alkyl halides is 2. The maximum absolute atomic E-state index is 13.9. The van der Waals surface area contributed by atoms with E-state index >= 15 is 0 Å². The minimum Gasteiger partial charge on any atom is -0.439 e. The maximum atomic E-state index is 13.9. The van der Waals surface area contributed by atoms with Gasteiger partial charge in [-0.1, -0.05) is 11.6 Å². The first kappa shape index (κ1) is 18.8. The second-order valence-electron chi connectivity index (χ2n) is 8.86. The van der Waals surface area contributed by atoms with Crippen LogP contribution in [-0.2, 0) is 16.8 Å². The van der Waals surface area contributed by atoms with Crippen molar-refractivity contribution < 1.29 is 22.7 Å². The Bertz CT molecular complexity index is 1050. The average molecular weight is 439 g/mol. The zero-order chi connectivity index (χ0) is 20.7. The molecule has 2 amide bonds. The second-order valence-corrected chi connectivity index (χ2v) is 9.26. The van der Waals surface area contributed by atoms with E-state index in [1.54, 1.807) is 6.07 Å². The van der Waals surface area contributed by atoms with Gasteiger partial charge in [-0.25, -0.2) is 18.6 Å². The number of fused-ring (bicyclic) bond motifs is 6. The van der Waals surface area contributed by atoms with Gasteiger partial charge in [0, 0.05) is 31.0 Å². The molecule has 160 valence electrons. The quantitative estimate of drug-likeness (QED) is 0.741. The molecule has 4 heterocycles. The van der Waals surface area contributed by atoms with Gasteiger partial charge in [-0.05, 0) is 25.3 Å². The number of anilines is 1. The minimum atomic E-state index is -2.73. The molecule has 1 aliphatic carbocycles. The summed E-state index contributed by atoms with van der Waals surface area (Å²) in [6.07, 6.45) is 0.901. The van der Waals surface area contributed by atoms with E-state index in [2.05, 4.69) is 20.5 Å². The number of halogens is 3. The number of aromatic nitrogens is 1. The van der Waals surface area contributed by atoms with Gasteiger partial charge in [-0.15, -0.1) is 0 Å². The fraction of sp³-hybridized carbons (Fsp3) is 0.600. The van der Waals surface area contributed by atoms with Crippen LogP contribution in [0.2, 0.25) is 5.02 Å². The number of hydrogen-bond acceptors (Lipinski definition) is 5. The van der Waals surface area contributed by atoms with Gasteiger partial charge in [-0.2, -0.15) is 0 Å². The molecular weight excluding hydrogens is 418 g/mol. The van der Waals surface area contributed by atoms with E-state index in [4.69, 9.17) is 20.8 Å². The van der Waals surface area contributed by atoms with Crippen LogP contribution in [-0.4, -0.2) is 47.1 Å². The molecular formula is C20H21ClF2N4O3. The largest absolute Gasteiger partial charge is 0.439 e. The Morgan fingerprint density at radius 3 is 2.80 bits per heavy atom. The number of amides is 2. The number of nitrogens with zero attached hydrogens (tertiary/aromatic N) is 2. The summed E-state index contributed by atoms with van der Waals surface area (Å²) < 4.78 is 39.6.